The summed E-state index contributed by atoms with van der Waals surface area (Å²) in [7, 11) is 0. The standard InChI is InChI=1S/C16H10BrN3OS2/c17-10-3-5-11(6-4-10)18-15(21)13-9-23-16-19-12(8-20(13)16)14-2-1-7-22-14/h1-9H,(H,18,21). The van der Waals surface area contributed by atoms with Crippen molar-refractivity contribution in [3.63, 3.8) is 0 Å². The molecule has 3 aromatic heterocycles. The van der Waals surface area contributed by atoms with E-state index in [-0.39, 0.29) is 5.91 Å². The third kappa shape index (κ3) is 2.83. The SMILES string of the molecule is O=C(Nc1ccc(Br)cc1)c1csc2nc(-c3cccs3)cn12. The van der Waals surface area contributed by atoms with Crippen LogP contribution in [0.1, 0.15) is 10.5 Å². The van der Waals surface area contributed by atoms with Crippen LogP contribution >= 0.6 is 38.6 Å². The van der Waals surface area contributed by atoms with E-state index in [2.05, 4.69) is 26.2 Å². The average Bonchev–Trinajstić information content (AvgIpc) is 3.24. The van der Waals surface area contributed by atoms with E-state index in [0.29, 0.717) is 5.69 Å². The van der Waals surface area contributed by atoms with Crippen molar-refractivity contribution in [1.82, 2.24) is 9.38 Å². The summed E-state index contributed by atoms with van der Waals surface area (Å²) in [6.45, 7) is 0. The molecule has 4 nitrogen and oxygen atoms in total. The van der Waals surface area contributed by atoms with Crippen molar-refractivity contribution in [2.24, 2.45) is 0 Å². The second-order valence-corrected chi connectivity index (χ2v) is 7.54. The first-order valence-corrected chi connectivity index (χ1v) is 9.33. The van der Waals surface area contributed by atoms with Gasteiger partial charge in [0.05, 0.1) is 4.88 Å². The maximum atomic E-state index is 12.5. The number of rotatable bonds is 3. The van der Waals surface area contributed by atoms with Crippen molar-refractivity contribution in [2.45, 2.75) is 0 Å². The number of imidazole rings is 1. The number of anilines is 1. The van der Waals surface area contributed by atoms with Gasteiger partial charge in [0.1, 0.15) is 11.4 Å². The first-order valence-electron chi connectivity index (χ1n) is 6.78. The Kier molecular flexibility index (Phi) is 3.76. The van der Waals surface area contributed by atoms with Crippen molar-refractivity contribution in [3.8, 4) is 10.6 Å². The number of nitrogens with zero attached hydrogens (tertiary/aromatic N) is 2. The van der Waals surface area contributed by atoms with E-state index in [9.17, 15) is 4.79 Å². The summed E-state index contributed by atoms with van der Waals surface area (Å²) < 4.78 is 2.82. The summed E-state index contributed by atoms with van der Waals surface area (Å²) in [4.78, 5) is 19.0. The molecule has 0 fully saturated rings. The van der Waals surface area contributed by atoms with Gasteiger partial charge in [-0.1, -0.05) is 22.0 Å². The number of hydrogen-bond donors (Lipinski definition) is 1. The number of carbonyl (C=O) groups excluding carboxylic acids is 1. The highest BCUT2D eigenvalue weighted by molar-refractivity contribution is 9.10. The number of halogens is 1. The second-order valence-electron chi connectivity index (χ2n) is 4.84. The molecule has 3 heterocycles. The molecule has 0 bridgehead atoms. The molecule has 0 aliphatic rings. The van der Waals surface area contributed by atoms with Gasteiger partial charge in [-0.2, -0.15) is 0 Å². The Labute approximate surface area is 148 Å². The highest BCUT2D eigenvalue weighted by Gasteiger charge is 2.15. The minimum atomic E-state index is -0.145. The number of thiophene rings is 1. The maximum absolute atomic E-state index is 12.5. The number of hydrogen-bond acceptors (Lipinski definition) is 4. The van der Waals surface area contributed by atoms with Crippen LogP contribution in [-0.4, -0.2) is 15.3 Å². The van der Waals surface area contributed by atoms with Crippen molar-refractivity contribution in [2.75, 3.05) is 5.32 Å². The molecule has 0 saturated heterocycles. The molecule has 0 aliphatic carbocycles. The molecule has 0 radical (unpaired) electrons. The largest absolute Gasteiger partial charge is 0.321 e. The highest BCUT2D eigenvalue weighted by Crippen LogP contribution is 2.27. The molecule has 7 heteroatoms. The molecule has 1 N–H and O–H groups in total. The van der Waals surface area contributed by atoms with Crippen molar-refractivity contribution in [1.29, 1.82) is 0 Å². The van der Waals surface area contributed by atoms with Crippen LogP contribution in [0.15, 0.2) is 57.8 Å². The van der Waals surface area contributed by atoms with E-state index < -0.39 is 0 Å². The zero-order valence-corrected chi connectivity index (χ0v) is 14.9. The van der Waals surface area contributed by atoms with Gasteiger partial charge in [0.25, 0.3) is 5.91 Å². The molecular formula is C16H10BrN3OS2. The van der Waals surface area contributed by atoms with Gasteiger partial charge >= 0.3 is 0 Å². The van der Waals surface area contributed by atoms with E-state index in [1.165, 1.54) is 11.3 Å². The van der Waals surface area contributed by atoms with Crippen LogP contribution in [0, 0.1) is 0 Å². The van der Waals surface area contributed by atoms with E-state index in [1.807, 2.05) is 57.8 Å². The van der Waals surface area contributed by atoms with E-state index in [4.69, 9.17) is 0 Å². The molecule has 4 aromatic rings. The monoisotopic (exact) mass is 403 g/mol. The topological polar surface area (TPSA) is 46.4 Å². The smallest absolute Gasteiger partial charge is 0.273 e. The van der Waals surface area contributed by atoms with Gasteiger partial charge in [-0.3, -0.25) is 9.20 Å². The summed E-state index contributed by atoms with van der Waals surface area (Å²) >= 11 is 6.48. The van der Waals surface area contributed by atoms with Crippen LogP contribution in [-0.2, 0) is 0 Å². The Bertz CT molecular complexity index is 971. The van der Waals surface area contributed by atoms with E-state index in [1.54, 1.807) is 11.3 Å². The molecule has 0 atom stereocenters. The summed E-state index contributed by atoms with van der Waals surface area (Å²) in [5.74, 6) is -0.145. The summed E-state index contributed by atoms with van der Waals surface area (Å²) in [6.07, 6.45) is 1.91. The average molecular weight is 404 g/mol. The number of nitrogens with one attached hydrogen (secondary N) is 1. The molecule has 0 aliphatic heterocycles. The third-order valence-corrected chi connectivity index (χ3v) is 5.58. The Morgan fingerprint density at radius 1 is 1.17 bits per heavy atom. The normalized spacial score (nSPS) is 11.0. The van der Waals surface area contributed by atoms with Crippen LogP contribution in [0.3, 0.4) is 0 Å². The van der Waals surface area contributed by atoms with Gasteiger partial charge in [-0.05, 0) is 35.7 Å². The van der Waals surface area contributed by atoms with Crippen molar-refractivity contribution >= 4 is 55.2 Å². The maximum Gasteiger partial charge on any atom is 0.273 e. The number of benzene rings is 1. The van der Waals surface area contributed by atoms with Gasteiger partial charge in [-0.25, -0.2) is 4.98 Å². The Morgan fingerprint density at radius 3 is 2.74 bits per heavy atom. The fourth-order valence-corrected chi connectivity index (χ4v) is 4.02. The van der Waals surface area contributed by atoms with Crippen LogP contribution in [0.5, 0.6) is 0 Å². The predicted octanol–water partition coefficient (Wildman–Crippen LogP) is 5.14. The Morgan fingerprint density at radius 2 is 2.00 bits per heavy atom. The molecule has 1 aromatic carbocycles. The summed E-state index contributed by atoms with van der Waals surface area (Å²) in [5, 5.41) is 6.75. The van der Waals surface area contributed by atoms with Gasteiger partial charge < -0.3 is 5.32 Å². The molecule has 1 amide bonds. The second kappa shape index (κ2) is 5.92. The van der Waals surface area contributed by atoms with Crippen molar-refractivity contribution in [3.05, 3.63) is 63.5 Å². The molecule has 0 saturated carbocycles. The molecular weight excluding hydrogens is 394 g/mol. The fourth-order valence-electron chi connectivity index (χ4n) is 2.22. The van der Waals surface area contributed by atoms with E-state index >= 15 is 0 Å². The van der Waals surface area contributed by atoms with Crippen LogP contribution in [0.4, 0.5) is 5.69 Å². The quantitative estimate of drug-likeness (QED) is 0.514. The number of carbonyl (C=O) groups is 1. The van der Waals surface area contributed by atoms with Gasteiger partial charge in [0, 0.05) is 21.7 Å². The first-order chi connectivity index (χ1) is 11.2. The Hall–Kier alpha value is -1.96. The first kappa shape index (κ1) is 14.6. The van der Waals surface area contributed by atoms with Gasteiger partial charge in [0.2, 0.25) is 0 Å². The van der Waals surface area contributed by atoms with E-state index in [0.717, 1.165) is 25.7 Å². The molecule has 0 spiro atoms. The lowest BCUT2D eigenvalue weighted by Gasteiger charge is -2.04. The fraction of sp³-hybridized carbons (Fsp3) is 0. The molecule has 23 heavy (non-hydrogen) atoms. The number of thiazole rings is 1. The summed E-state index contributed by atoms with van der Waals surface area (Å²) in [5.41, 5.74) is 2.24. The highest BCUT2D eigenvalue weighted by atomic mass is 79.9. The van der Waals surface area contributed by atoms with Crippen molar-refractivity contribution < 1.29 is 4.79 Å². The zero-order valence-electron chi connectivity index (χ0n) is 11.7. The molecule has 0 unspecified atom stereocenters. The lowest BCUT2D eigenvalue weighted by Crippen LogP contribution is -2.13. The predicted molar refractivity (Wildman–Crippen MR) is 98.5 cm³/mol. The van der Waals surface area contributed by atoms with Crippen LogP contribution in [0.25, 0.3) is 15.5 Å². The number of amides is 1. The molecule has 4 rings (SSSR count). The zero-order chi connectivity index (χ0) is 15.8. The summed E-state index contributed by atoms with van der Waals surface area (Å²) in [6, 6.07) is 11.5. The van der Waals surface area contributed by atoms with Gasteiger partial charge in [-0.15, -0.1) is 22.7 Å². The molecule has 114 valence electrons. The van der Waals surface area contributed by atoms with Crippen LogP contribution < -0.4 is 5.32 Å². The lowest BCUT2D eigenvalue weighted by atomic mass is 10.3. The lowest BCUT2D eigenvalue weighted by molar-refractivity contribution is 0.102. The minimum Gasteiger partial charge on any atom is -0.321 e. The number of aromatic nitrogens is 2. The third-order valence-electron chi connectivity index (χ3n) is 3.32. The number of fused-ring (bicyclic) bond motifs is 1. The van der Waals surface area contributed by atoms with Gasteiger partial charge in [0.15, 0.2) is 4.96 Å². The minimum absolute atomic E-state index is 0.145. The van der Waals surface area contributed by atoms with Crippen LogP contribution in [0.2, 0.25) is 0 Å². The Balaban J connectivity index is 1.65.